The summed E-state index contributed by atoms with van der Waals surface area (Å²) in [5.41, 5.74) is 10.6. The van der Waals surface area contributed by atoms with E-state index in [1.54, 1.807) is 0 Å². The van der Waals surface area contributed by atoms with E-state index in [-0.39, 0.29) is 5.41 Å². The summed E-state index contributed by atoms with van der Waals surface area (Å²) in [4.78, 5) is 0. The van der Waals surface area contributed by atoms with Crippen LogP contribution in [0, 0.1) is 19.3 Å². The summed E-state index contributed by atoms with van der Waals surface area (Å²) in [5, 5.41) is 0. The third kappa shape index (κ3) is 1.19. The zero-order valence-electron chi connectivity index (χ0n) is 9.46. The Morgan fingerprint density at radius 2 is 1.57 bits per heavy atom. The fourth-order valence-corrected chi connectivity index (χ4v) is 2.55. The van der Waals surface area contributed by atoms with Crippen LogP contribution < -0.4 is 5.73 Å². The van der Waals surface area contributed by atoms with Crippen LogP contribution in [-0.4, -0.2) is 6.04 Å². The quantitative estimate of drug-likeness (QED) is 0.722. The molecular weight excluding hydrogens is 170 g/mol. The van der Waals surface area contributed by atoms with Crippen molar-refractivity contribution in [2.24, 2.45) is 11.1 Å². The highest BCUT2D eigenvalue weighted by Gasteiger charge is 2.56. The van der Waals surface area contributed by atoms with E-state index in [4.69, 9.17) is 5.73 Å². The first-order valence-electron chi connectivity index (χ1n) is 5.28. The lowest BCUT2D eigenvalue weighted by Crippen LogP contribution is -2.06. The minimum absolute atomic E-state index is 0.289. The first kappa shape index (κ1) is 9.72. The zero-order chi connectivity index (χ0) is 10.5. The Bertz CT molecular complexity index is 345. The van der Waals surface area contributed by atoms with E-state index in [0.717, 1.165) is 0 Å². The average molecular weight is 189 g/mol. The van der Waals surface area contributed by atoms with Gasteiger partial charge in [-0.25, -0.2) is 0 Å². The molecule has 1 nitrogen and oxygen atoms in total. The van der Waals surface area contributed by atoms with Crippen molar-refractivity contribution in [1.29, 1.82) is 0 Å². The minimum atomic E-state index is 0.289. The highest BCUT2D eigenvalue weighted by molar-refractivity contribution is 5.44. The molecule has 1 fully saturated rings. The van der Waals surface area contributed by atoms with Gasteiger partial charge in [0, 0.05) is 12.0 Å². The van der Waals surface area contributed by atoms with Crippen LogP contribution in [0.25, 0.3) is 0 Å². The molecule has 2 unspecified atom stereocenters. The summed E-state index contributed by atoms with van der Waals surface area (Å²) in [6, 6.07) is 6.82. The lowest BCUT2D eigenvalue weighted by Gasteiger charge is -2.10. The molecule has 0 aliphatic heterocycles. The van der Waals surface area contributed by atoms with Gasteiger partial charge in [0.05, 0.1) is 0 Å². The molecule has 14 heavy (non-hydrogen) atoms. The highest BCUT2D eigenvalue weighted by atomic mass is 14.8. The summed E-state index contributed by atoms with van der Waals surface area (Å²) >= 11 is 0. The number of rotatable bonds is 1. The molecule has 1 aromatic carbocycles. The molecule has 1 heteroatoms. The van der Waals surface area contributed by atoms with Crippen molar-refractivity contribution in [3.63, 3.8) is 0 Å². The summed E-state index contributed by atoms with van der Waals surface area (Å²) in [6.45, 7) is 8.88. The van der Waals surface area contributed by atoms with E-state index in [9.17, 15) is 0 Å². The Kier molecular flexibility index (Phi) is 1.97. The molecule has 76 valence electrons. The number of benzene rings is 1. The normalized spacial score (nSPS) is 28.9. The molecule has 2 N–H and O–H groups in total. The Morgan fingerprint density at radius 1 is 1.14 bits per heavy atom. The molecule has 1 aliphatic carbocycles. The predicted molar refractivity (Wildman–Crippen MR) is 60.4 cm³/mol. The van der Waals surface area contributed by atoms with Crippen LogP contribution in [0.4, 0.5) is 0 Å². The van der Waals surface area contributed by atoms with Gasteiger partial charge in [0.15, 0.2) is 0 Å². The maximum absolute atomic E-state index is 6.11. The third-order valence-corrected chi connectivity index (χ3v) is 3.76. The largest absolute Gasteiger partial charge is 0.327 e. The van der Waals surface area contributed by atoms with Crippen molar-refractivity contribution in [1.82, 2.24) is 0 Å². The van der Waals surface area contributed by atoms with Crippen molar-refractivity contribution >= 4 is 0 Å². The molecule has 1 aliphatic rings. The molecule has 0 saturated heterocycles. The van der Waals surface area contributed by atoms with Gasteiger partial charge in [-0.1, -0.05) is 32.0 Å². The molecule has 0 radical (unpaired) electrons. The highest BCUT2D eigenvalue weighted by Crippen LogP contribution is 2.58. The third-order valence-electron chi connectivity index (χ3n) is 3.76. The van der Waals surface area contributed by atoms with E-state index in [2.05, 4.69) is 45.9 Å². The molecule has 2 atom stereocenters. The zero-order valence-corrected chi connectivity index (χ0v) is 9.46. The molecule has 2 rings (SSSR count). The van der Waals surface area contributed by atoms with Gasteiger partial charge in [0.1, 0.15) is 0 Å². The van der Waals surface area contributed by atoms with Gasteiger partial charge in [-0.05, 0) is 36.0 Å². The number of nitrogens with two attached hydrogens (primary N) is 1. The predicted octanol–water partition coefficient (Wildman–Crippen LogP) is 2.75. The van der Waals surface area contributed by atoms with Crippen LogP contribution in [0.3, 0.4) is 0 Å². The summed E-state index contributed by atoms with van der Waals surface area (Å²) in [7, 11) is 0. The van der Waals surface area contributed by atoms with Gasteiger partial charge in [0.25, 0.3) is 0 Å². The van der Waals surface area contributed by atoms with Crippen molar-refractivity contribution in [2.75, 3.05) is 0 Å². The SMILES string of the molecule is Cc1cccc(C)c1C1C(N)C1(C)C. The lowest BCUT2D eigenvalue weighted by molar-refractivity contribution is 0.598. The Labute approximate surface area is 86.3 Å². The van der Waals surface area contributed by atoms with Crippen molar-refractivity contribution < 1.29 is 0 Å². The van der Waals surface area contributed by atoms with Crippen LogP contribution in [0.15, 0.2) is 18.2 Å². The summed E-state index contributed by atoms with van der Waals surface area (Å²) < 4.78 is 0. The molecule has 0 aromatic heterocycles. The Hall–Kier alpha value is -0.820. The van der Waals surface area contributed by atoms with E-state index in [1.165, 1.54) is 16.7 Å². The number of aryl methyl sites for hydroxylation is 2. The minimum Gasteiger partial charge on any atom is -0.327 e. The monoisotopic (exact) mass is 189 g/mol. The molecular formula is C13H19N. The van der Waals surface area contributed by atoms with Gasteiger partial charge in [-0.15, -0.1) is 0 Å². The van der Waals surface area contributed by atoms with Crippen LogP contribution >= 0.6 is 0 Å². The number of hydrogen-bond donors (Lipinski definition) is 1. The maximum atomic E-state index is 6.11. The Balaban J connectivity index is 2.44. The average Bonchev–Trinajstić information content (AvgIpc) is 2.54. The molecule has 0 heterocycles. The van der Waals surface area contributed by atoms with E-state index < -0.39 is 0 Å². The van der Waals surface area contributed by atoms with Gasteiger partial charge in [0.2, 0.25) is 0 Å². The molecule has 1 saturated carbocycles. The van der Waals surface area contributed by atoms with Gasteiger partial charge in [-0.2, -0.15) is 0 Å². The second kappa shape index (κ2) is 2.83. The van der Waals surface area contributed by atoms with Crippen LogP contribution in [-0.2, 0) is 0 Å². The van der Waals surface area contributed by atoms with Crippen molar-refractivity contribution in [3.8, 4) is 0 Å². The van der Waals surface area contributed by atoms with Crippen LogP contribution in [0.2, 0.25) is 0 Å². The maximum Gasteiger partial charge on any atom is 0.0172 e. The van der Waals surface area contributed by atoms with E-state index >= 15 is 0 Å². The first-order chi connectivity index (χ1) is 6.46. The van der Waals surface area contributed by atoms with Gasteiger partial charge in [-0.3, -0.25) is 0 Å². The smallest absolute Gasteiger partial charge is 0.0172 e. The van der Waals surface area contributed by atoms with Gasteiger partial charge >= 0.3 is 0 Å². The topological polar surface area (TPSA) is 26.0 Å². The molecule has 0 bridgehead atoms. The van der Waals surface area contributed by atoms with Crippen molar-refractivity contribution in [2.45, 2.75) is 39.7 Å². The standard InChI is InChI=1S/C13H19N/c1-8-6-5-7-9(2)10(8)11-12(14)13(11,3)4/h5-7,11-12H,14H2,1-4H3. The van der Waals surface area contributed by atoms with Crippen LogP contribution in [0.1, 0.15) is 36.5 Å². The second-order valence-electron chi connectivity index (χ2n) is 5.13. The van der Waals surface area contributed by atoms with Crippen molar-refractivity contribution in [3.05, 3.63) is 34.9 Å². The van der Waals surface area contributed by atoms with E-state index in [1.807, 2.05) is 0 Å². The van der Waals surface area contributed by atoms with Gasteiger partial charge < -0.3 is 5.73 Å². The Morgan fingerprint density at radius 3 is 1.93 bits per heavy atom. The summed E-state index contributed by atoms with van der Waals surface area (Å²) in [6.07, 6.45) is 0. The lowest BCUT2D eigenvalue weighted by atomic mass is 9.95. The first-order valence-corrected chi connectivity index (χ1v) is 5.28. The number of hydrogen-bond acceptors (Lipinski definition) is 1. The van der Waals surface area contributed by atoms with E-state index in [0.29, 0.717) is 12.0 Å². The molecule has 0 spiro atoms. The fourth-order valence-electron chi connectivity index (χ4n) is 2.55. The fraction of sp³-hybridized carbons (Fsp3) is 0.538. The van der Waals surface area contributed by atoms with Crippen LogP contribution in [0.5, 0.6) is 0 Å². The molecule has 0 amide bonds. The summed E-state index contributed by atoms with van der Waals surface area (Å²) in [5.74, 6) is 0.559. The second-order valence-corrected chi connectivity index (χ2v) is 5.13. The molecule has 1 aromatic rings.